The molecular formula is C60H48Cl3F12N7O4. The van der Waals surface area contributed by atoms with E-state index in [1.807, 2.05) is 13.8 Å². The third-order valence-electron chi connectivity index (χ3n) is 12.9. The molecule has 2 atom stereocenters. The maximum atomic E-state index is 15.7. The average Bonchev–Trinajstić information content (AvgIpc) is 2.05. The van der Waals surface area contributed by atoms with E-state index in [1.54, 1.807) is 24.3 Å². The van der Waals surface area contributed by atoms with Gasteiger partial charge < -0.3 is 14.6 Å². The van der Waals surface area contributed by atoms with Crippen molar-refractivity contribution >= 4 is 72.9 Å². The Hall–Kier alpha value is -7.80. The quantitative estimate of drug-likeness (QED) is 0.0674. The number of carbonyl (C=O) groups is 1. The van der Waals surface area contributed by atoms with Crippen molar-refractivity contribution in [2.24, 2.45) is 0 Å². The second-order valence-corrected chi connectivity index (χ2v) is 19.7. The van der Waals surface area contributed by atoms with Gasteiger partial charge in [0.15, 0.2) is 11.2 Å². The van der Waals surface area contributed by atoms with Crippen LogP contribution in [0.5, 0.6) is 0 Å². The molecule has 26 heteroatoms. The van der Waals surface area contributed by atoms with Gasteiger partial charge in [-0.15, -0.1) is 5.10 Å². The van der Waals surface area contributed by atoms with Crippen LogP contribution in [-0.2, 0) is 45.0 Å². The number of pyridine rings is 3. The van der Waals surface area contributed by atoms with E-state index in [4.69, 9.17) is 44.3 Å². The Kier molecular flexibility index (Phi) is 21.4. The van der Waals surface area contributed by atoms with Gasteiger partial charge in [-0.25, -0.2) is 31.0 Å². The molecule has 0 aliphatic carbocycles. The van der Waals surface area contributed by atoms with Crippen molar-refractivity contribution in [3.05, 3.63) is 236 Å². The van der Waals surface area contributed by atoms with Gasteiger partial charge in [-0.05, 0) is 131 Å². The van der Waals surface area contributed by atoms with Gasteiger partial charge in [-0.1, -0.05) is 67.9 Å². The number of ether oxygens (including phenoxy) is 2. The highest BCUT2D eigenvalue weighted by molar-refractivity contribution is 6.32. The summed E-state index contributed by atoms with van der Waals surface area (Å²) >= 11 is 17.6. The number of nitrogens with zero attached hydrogens (tertiary/aromatic N) is 7. The zero-order valence-electron chi connectivity index (χ0n) is 43.2. The number of fused-ring (bicyclic) bond motifs is 3. The number of alkyl halides is 6. The van der Waals surface area contributed by atoms with Crippen LogP contribution in [0.15, 0.2) is 152 Å². The Morgan fingerprint density at radius 2 is 1.05 bits per heavy atom. The molecule has 86 heavy (non-hydrogen) atoms. The highest BCUT2D eigenvalue weighted by atomic mass is 35.5. The Balaban J connectivity index is 0.000000197. The minimum atomic E-state index is -4.12. The zero-order valence-corrected chi connectivity index (χ0v) is 45.5. The summed E-state index contributed by atoms with van der Waals surface area (Å²) in [7, 11) is 0. The predicted molar refractivity (Wildman–Crippen MR) is 300 cm³/mol. The summed E-state index contributed by atoms with van der Waals surface area (Å²) in [6.45, 7) is 4.36. The monoisotopic (exact) mass is 1260 g/mol. The van der Waals surface area contributed by atoms with Gasteiger partial charge in [0, 0.05) is 92.4 Å². The SMILES string of the molecule is C.C.CCOCC.Fc1ccc(C2(C(F)(F)c3cc4ccc(Cl)cc4cn3)CO2)c(F)c1.O=C(c1ccc(F)cc1F)C(F)(F)c1cc2ccc(Cl)cc2cn1.OC(Cn1cnnn1)(c1ccc(F)cc1F)C(F)(F)c1cc2ccc(Cl)cc2cn1. The lowest BCUT2D eigenvalue weighted by Gasteiger charge is -2.35. The summed E-state index contributed by atoms with van der Waals surface area (Å²) in [4.78, 5) is 23.2. The molecule has 0 amide bonds. The zero-order chi connectivity index (χ0) is 60.9. The van der Waals surface area contributed by atoms with Crippen LogP contribution in [0.2, 0.25) is 15.1 Å². The Bertz CT molecular complexity index is 4040. The fourth-order valence-electron chi connectivity index (χ4n) is 8.50. The van der Waals surface area contributed by atoms with Crippen molar-refractivity contribution in [3.63, 3.8) is 0 Å². The van der Waals surface area contributed by atoms with E-state index in [2.05, 4.69) is 30.5 Å². The maximum Gasteiger partial charge on any atom is 0.351 e. The van der Waals surface area contributed by atoms with Crippen molar-refractivity contribution in [1.82, 2.24) is 35.2 Å². The summed E-state index contributed by atoms with van der Waals surface area (Å²) in [6, 6.07) is 23.4. The van der Waals surface area contributed by atoms with E-state index in [9.17, 15) is 45.0 Å². The molecular weight excluding hydrogens is 1220 g/mol. The molecule has 0 radical (unpaired) electrons. The van der Waals surface area contributed by atoms with E-state index in [-0.39, 0.29) is 21.5 Å². The molecule has 0 bridgehead atoms. The van der Waals surface area contributed by atoms with Crippen molar-refractivity contribution in [3.8, 4) is 0 Å². The number of Topliss-reactive ketones (excluding diaryl/α,β-unsaturated/α-hetero) is 1. The molecule has 1 saturated heterocycles. The molecule has 5 heterocycles. The van der Waals surface area contributed by atoms with Crippen LogP contribution in [-0.4, -0.2) is 65.9 Å². The van der Waals surface area contributed by atoms with Crippen molar-refractivity contribution in [2.75, 3.05) is 19.8 Å². The van der Waals surface area contributed by atoms with E-state index >= 15 is 17.6 Å². The van der Waals surface area contributed by atoms with Gasteiger partial charge in [0.05, 0.1) is 18.7 Å². The summed E-state index contributed by atoms with van der Waals surface area (Å²) in [5, 5.41) is 25.5. The van der Waals surface area contributed by atoms with E-state index < -0.39 is 110 Å². The summed E-state index contributed by atoms with van der Waals surface area (Å²) in [5.41, 5.74) is -9.70. The van der Waals surface area contributed by atoms with Crippen LogP contribution < -0.4 is 0 Å². The minimum Gasteiger partial charge on any atom is -0.382 e. The topological polar surface area (TPSA) is 141 Å². The van der Waals surface area contributed by atoms with Crippen LogP contribution in [0, 0.1) is 34.9 Å². The van der Waals surface area contributed by atoms with Crippen molar-refractivity contribution in [1.29, 1.82) is 0 Å². The first kappa shape index (κ1) is 67.3. The van der Waals surface area contributed by atoms with Gasteiger partial charge in [0.25, 0.3) is 0 Å². The second-order valence-electron chi connectivity index (χ2n) is 18.4. The number of epoxide rings is 1. The minimum absolute atomic E-state index is 0. The molecule has 6 aromatic carbocycles. The lowest BCUT2D eigenvalue weighted by Crippen LogP contribution is -2.48. The molecule has 1 fully saturated rings. The molecule has 0 saturated carbocycles. The van der Waals surface area contributed by atoms with Gasteiger partial charge >= 0.3 is 17.8 Å². The van der Waals surface area contributed by atoms with E-state index in [1.165, 1.54) is 48.8 Å². The fourth-order valence-corrected chi connectivity index (χ4v) is 9.04. The van der Waals surface area contributed by atoms with Crippen molar-refractivity contribution < 1.29 is 72.1 Å². The molecule has 2 unspecified atom stereocenters. The number of hydrogen-bond acceptors (Lipinski definition) is 10. The molecule has 10 aromatic rings. The molecule has 1 aliphatic rings. The van der Waals surface area contributed by atoms with Gasteiger partial charge in [0.2, 0.25) is 5.78 Å². The molecule has 11 rings (SSSR count). The fraction of sp³-hybridized carbons (Fsp3) is 0.217. The normalized spacial score (nSPS) is 14.5. The number of carbonyl (C=O) groups excluding carboxylic acids is 1. The Morgan fingerprint density at radius 1 is 0.593 bits per heavy atom. The van der Waals surface area contributed by atoms with E-state index in [0.717, 1.165) is 72.9 Å². The van der Waals surface area contributed by atoms with Crippen LogP contribution >= 0.6 is 34.8 Å². The predicted octanol–water partition coefficient (Wildman–Crippen LogP) is 16.5. The number of benzene rings is 6. The number of ketones is 1. The highest BCUT2D eigenvalue weighted by Crippen LogP contribution is 2.56. The van der Waals surface area contributed by atoms with Gasteiger partial charge in [-0.3, -0.25) is 19.7 Å². The van der Waals surface area contributed by atoms with E-state index in [0.29, 0.717) is 71.7 Å². The number of hydrogen-bond donors (Lipinski definition) is 1. The molecule has 452 valence electrons. The van der Waals surface area contributed by atoms with Crippen LogP contribution in [0.3, 0.4) is 0 Å². The lowest BCUT2D eigenvalue weighted by molar-refractivity contribution is -0.207. The molecule has 1 aliphatic heterocycles. The summed E-state index contributed by atoms with van der Waals surface area (Å²) in [6.07, 6.45) is 4.58. The number of aromatic nitrogens is 7. The number of aliphatic hydroxyl groups is 1. The molecule has 11 nitrogen and oxygen atoms in total. The van der Waals surface area contributed by atoms with Crippen molar-refractivity contribution in [2.45, 2.75) is 64.2 Å². The first-order valence-corrected chi connectivity index (χ1v) is 25.7. The molecule has 4 aromatic heterocycles. The Morgan fingerprint density at radius 3 is 1.50 bits per heavy atom. The first-order valence-electron chi connectivity index (χ1n) is 24.6. The molecule has 0 spiro atoms. The second kappa shape index (κ2) is 27.3. The van der Waals surface area contributed by atoms with Crippen LogP contribution in [0.1, 0.15) is 67.3 Å². The third-order valence-corrected chi connectivity index (χ3v) is 13.6. The first-order chi connectivity index (χ1) is 39.7. The highest BCUT2D eigenvalue weighted by Gasteiger charge is 2.68. The van der Waals surface area contributed by atoms with Gasteiger partial charge in [0.1, 0.15) is 58.3 Å². The van der Waals surface area contributed by atoms with Crippen LogP contribution in [0.4, 0.5) is 52.7 Å². The Labute approximate surface area is 498 Å². The summed E-state index contributed by atoms with van der Waals surface area (Å²) in [5.74, 6) is -20.1. The van der Waals surface area contributed by atoms with Gasteiger partial charge in [-0.2, -0.15) is 26.3 Å². The smallest absolute Gasteiger partial charge is 0.351 e. The third kappa shape index (κ3) is 14.2. The number of rotatable bonds is 13. The maximum absolute atomic E-state index is 15.7. The standard InChI is InChI=1S/C19H12ClF4N5O.C18H10ClF4NO.C17H8ClF4NO.C4H10O.2CH4/c20-13-2-1-11-6-17(25-8-12(11)5-13)19(23,24)18(30,9-29-10-26-27-28-29)15-4-3-14(21)7-16(15)22;19-12-2-1-10-6-16(24-8-11(10)5-12)18(22,23)17(9-25-17)14-4-3-13(20)7-15(14)21;18-11-2-1-9-6-15(23-8-10(9)5-11)17(21,22)16(24)13-4-3-12(19)7-14(13)20;1-3-5-4-2;;/h1-8,10,30H,9H2;1-8H,9H2;1-8H;3-4H2,1-2H3;2*1H4. The number of halogens is 15. The largest absolute Gasteiger partial charge is 0.382 e. The number of tetrazole rings is 1. The lowest BCUT2D eigenvalue weighted by atomic mass is 9.84. The van der Waals surface area contributed by atoms with Crippen LogP contribution in [0.25, 0.3) is 32.3 Å². The summed E-state index contributed by atoms with van der Waals surface area (Å²) < 4.78 is 183. The average molecular weight is 1270 g/mol. The molecule has 1 N–H and O–H groups in total.